The molecule has 1 aromatic rings. The molecular formula is C14H12Cl2N2O5S. The van der Waals surface area contributed by atoms with Gasteiger partial charge in [0.2, 0.25) is 5.91 Å². The van der Waals surface area contributed by atoms with Crippen molar-refractivity contribution >= 4 is 46.8 Å². The second-order valence-electron chi connectivity index (χ2n) is 5.40. The van der Waals surface area contributed by atoms with Gasteiger partial charge in [0.1, 0.15) is 17.1 Å². The van der Waals surface area contributed by atoms with Crippen molar-refractivity contribution in [3.05, 3.63) is 32.9 Å². The molecule has 1 amide bonds. The highest BCUT2D eigenvalue weighted by Gasteiger charge is 2.51. The largest absolute Gasteiger partial charge is 0.503 e. The number of β-lactam (4-membered cyclic amide) rings is 1. The number of nitrogens with zero attached hydrogens (tertiary/aromatic N) is 1. The zero-order valence-electron chi connectivity index (χ0n) is 12.0. The lowest BCUT2D eigenvalue weighted by Crippen LogP contribution is -2.68. The third-order valence-electron chi connectivity index (χ3n) is 3.94. The molecule has 128 valence electrons. The van der Waals surface area contributed by atoms with Gasteiger partial charge in [-0.05, 0) is 23.6 Å². The van der Waals surface area contributed by atoms with Crippen LogP contribution in [-0.2, 0) is 16.0 Å². The predicted octanol–water partition coefficient (Wildman–Crippen LogP) is 1.53. The number of carboxylic acids is 1. The van der Waals surface area contributed by atoms with Gasteiger partial charge < -0.3 is 21.1 Å². The molecule has 2 aliphatic heterocycles. The van der Waals surface area contributed by atoms with E-state index in [1.807, 2.05) is 0 Å². The van der Waals surface area contributed by atoms with E-state index in [1.165, 1.54) is 22.7 Å². The molecule has 1 saturated heterocycles. The van der Waals surface area contributed by atoms with Gasteiger partial charge in [0.05, 0.1) is 10.0 Å². The average Bonchev–Trinajstić information content (AvgIpc) is 2.56. The molecule has 0 saturated carbocycles. The lowest BCUT2D eigenvalue weighted by Gasteiger charge is -2.48. The van der Waals surface area contributed by atoms with E-state index in [1.54, 1.807) is 0 Å². The van der Waals surface area contributed by atoms with Gasteiger partial charge in [0, 0.05) is 5.75 Å². The lowest BCUT2D eigenvalue weighted by atomic mass is 9.99. The van der Waals surface area contributed by atoms with Gasteiger partial charge in [-0.2, -0.15) is 0 Å². The fraction of sp³-hybridized carbons (Fsp3) is 0.286. The van der Waals surface area contributed by atoms with Crippen LogP contribution < -0.4 is 5.73 Å². The average molecular weight is 391 g/mol. The van der Waals surface area contributed by atoms with Crippen molar-refractivity contribution in [1.82, 2.24) is 4.90 Å². The van der Waals surface area contributed by atoms with Crippen LogP contribution in [0.1, 0.15) is 5.56 Å². The number of carboxylic acid groups (broad SMARTS) is 1. The number of nitrogens with two attached hydrogens (primary N) is 1. The summed E-state index contributed by atoms with van der Waals surface area (Å²) in [6, 6.07) is 0.646. The molecule has 0 aliphatic carbocycles. The van der Waals surface area contributed by atoms with E-state index in [2.05, 4.69) is 0 Å². The van der Waals surface area contributed by atoms with Gasteiger partial charge in [0.15, 0.2) is 11.5 Å². The molecule has 1 aromatic carbocycles. The van der Waals surface area contributed by atoms with Crippen molar-refractivity contribution < 1.29 is 24.9 Å². The number of rotatable bonds is 3. The zero-order chi connectivity index (χ0) is 17.8. The third kappa shape index (κ3) is 2.50. The summed E-state index contributed by atoms with van der Waals surface area (Å²) in [7, 11) is 0. The molecule has 0 aromatic heterocycles. The molecule has 1 fully saturated rings. The van der Waals surface area contributed by atoms with E-state index >= 15 is 0 Å². The number of halogens is 2. The van der Waals surface area contributed by atoms with Crippen LogP contribution in [0.3, 0.4) is 0 Å². The number of benzene rings is 1. The minimum Gasteiger partial charge on any atom is -0.503 e. The number of aliphatic carboxylic acids is 1. The molecule has 0 bridgehead atoms. The first-order valence-corrected chi connectivity index (χ1v) is 8.58. The second-order valence-corrected chi connectivity index (χ2v) is 7.29. The van der Waals surface area contributed by atoms with Gasteiger partial charge in [0.25, 0.3) is 0 Å². The summed E-state index contributed by atoms with van der Waals surface area (Å²) in [6.07, 6.45) is 0.0623. The van der Waals surface area contributed by atoms with Crippen molar-refractivity contribution in [2.75, 3.05) is 5.75 Å². The molecule has 5 N–H and O–H groups in total. The van der Waals surface area contributed by atoms with Crippen LogP contribution in [0.15, 0.2) is 17.3 Å². The minimum absolute atomic E-state index is 0.0623. The Labute approximate surface area is 150 Å². The lowest BCUT2D eigenvalue weighted by molar-refractivity contribution is -0.148. The number of carbonyl (C=O) groups is 2. The molecule has 1 unspecified atom stereocenters. The van der Waals surface area contributed by atoms with Crippen molar-refractivity contribution in [3.63, 3.8) is 0 Å². The normalized spacial score (nSPS) is 23.1. The van der Waals surface area contributed by atoms with E-state index in [4.69, 9.17) is 28.9 Å². The quantitative estimate of drug-likeness (QED) is 0.455. The van der Waals surface area contributed by atoms with Crippen LogP contribution in [0.25, 0.3) is 0 Å². The van der Waals surface area contributed by atoms with E-state index in [-0.39, 0.29) is 27.5 Å². The molecular weight excluding hydrogens is 379 g/mol. The molecule has 10 heteroatoms. The first-order chi connectivity index (χ1) is 11.2. The highest BCUT2D eigenvalue weighted by molar-refractivity contribution is 8.00. The summed E-state index contributed by atoms with van der Waals surface area (Å²) in [5.74, 6) is -2.44. The Bertz CT molecular complexity index is 798. The maximum atomic E-state index is 11.9. The second kappa shape index (κ2) is 6.03. The fourth-order valence-electron chi connectivity index (χ4n) is 2.73. The summed E-state index contributed by atoms with van der Waals surface area (Å²) < 4.78 is 0. The van der Waals surface area contributed by atoms with Gasteiger partial charge >= 0.3 is 5.97 Å². The first-order valence-electron chi connectivity index (χ1n) is 6.78. The predicted molar refractivity (Wildman–Crippen MR) is 89.2 cm³/mol. The Morgan fingerprint density at radius 2 is 2.04 bits per heavy atom. The topological polar surface area (TPSA) is 124 Å². The van der Waals surface area contributed by atoms with Crippen molar-refractivity contribution in [3.8, 4) is 11.5 Å². The number of amides is 1. The van der Waals surface area contributed by atoms with Crippen LogP contribution in [0.2, 0.25) is 10.0 Å². The van der Waals surface area contributed by atoms with Crippen LogP contribution >= 0.6 is 35.0 Å². The van der Waals surface area contributed by atoms with E-state index < -0.39 is 29.4 Å². The van der Waals surface area contributed by atoms with Gasteiger partial charge in [-0.15, -0.1) is 11.8 Å². The van der Waals surface area contributed by atoms with Gasteiger partial charge in [-0.25, -0.2) is 4.79 Å². The summed E-state index contributed by atoms with van der Waals surface area (Å²) in [6.45, 7) is 0. The Morgan fingerprint density at radius 3 is 2.67 bits per heavy atom. The van der Waals surface area contributed by atoms with Gasteiger partial charge in [-0.3, -0.25) is 9.69 Å². The van der Waals surface area contributed by atoms with Crippen molar-refractivity contribution in [2.45, 2.75) is 17.8 Å². The fourth-order valence-corrected chi connectivity index (χ4v) is 4.45. The van der Waals surface area contributed by atoms with Gasteiger partial charge in [-0.1, -0.05) is 23.2 Å². The molecule has 7 nitrogen and oxygen atoms in total. The molecule has 24 heavy (non-hydrogen) atoms. The number of hydrogen-bond acceptors (Lipinski definition) is 6. The number of hydrogen-bond donors (Lipinski definition) is 4. The summed E-state index contributed by atoms with van der Waals surface area (Å²) in [5, 5.41) is 28.2. The van der Waals surface area contributed by atoms with E-state index in [9.17, 15) is 24.9 Å². The zero-order valence-corrected chi connectivity index (χ0v) is 14.3. The van der Waals surface area contributed by atoms with E-state index in [0.717, 1.165) is 0 Å². The molecule has 2 heterocycles. The Balaban J connectivity index is 2.02. The van der Waals surface area contributed by atoms with Crippen LogP contribution in [0.5, 0.6) is 11.5 Å². The number of phenolic OH excluding ortho intramolecular Hbond substituents is 2. The summed E-state index contributed by atoms with van der Waals surface area (Å²) >= 11 is 13.2. The third-order valence-corrected chi connectivity index (χ3v) is 6.01. The molecule has 0 radical (unpaired) electrons. The van der Waals surface area contributed by atoms with Crippen LogP contribution in [-0.4, -0.2) is 49.3 Å². The smallest absolute Gasteiger partial charge is 0.352 e. The van der Waals surface area contributed by atoms with Crippen molar-refractivity contribution in [2.24, 2.45) is 5.73 Å². The number of thioether (sulfide) groups is 1. The summed E-state index contributed by atoms with van der Waals surface area (Å²) in [4.78, 5) is 24.7. The number of aromatic hydroxyl groups is 2. The maximum Gasteiger partial charge on any atom is 0.352 e. The number of carbonyl (C=O) groups excluding carboxylic acids is 1. The summed E-state index contributed by atoms with van der Waals surface area (Å²) in [5.41, 5.74) is 6.37. The Kier molecular flexibility index (Phi) is 4.33. The standard InChI is InChI=1S/C14H12Cl2N2O5S/c15-6-2-4(7(16)11(20)10(6)19)1-5-3-24-13-8(17)12(21)18(13)9(5)14(22)23/h2,8,13,19-20H,1,3,17H2,(H,22,23)/t8?,13-/m1/s1. The Morgan fingerprint density at radius 1 is 1.38 bits per heavy atom. The maximum absolute atomic E-state index is 11.9. The molecule has 0 spiro atoms. The number of fused-ring (bicyclic) bond motifs is 1. The molecule has 3 rings (SSSR count). The highest BCUT2D eigenvalue weighted by Crippen LogP contribution is 2.44. The van der Waals surface area contributed by atoms with Crippen molar-refractivity contribution in [1.29, 1.82) is 0 Å². The minimum atomic E-state index is -1.24. The van der Waals surface area contributed by atoms with Crippen LogP contribution in [0.4, 0.5) is 0 Å². The monoisotopic (exact) mass is 390 g/mol. The SMILES string of the molecule is NC1C(=O)N2C(C(=O)O)=C(Cc3cc(Cl)c(O)c(O)c3Cl)CS[C@H]12. The highest BCUT2D eigenvalue weighted by atomic mass is 35.5. The number of phenols is 2. The first kappa shape index (κ1) is 17.2. The molecule has 2 atom stereocenters. The van der Waals surface area contributed by atoms with Crippen LogP contribution in [0, 0.1) is 0 Å². The van der Waals surface area contributed by atoms with E-state index in [0.29, 0.717) is 16.9 Å². The molecule has 2 aliphatic rings. The Hall–Kier alpha value is -1.61.